The van der Waals surface area contributed by atoms with Crippen molar-refractivity contribution in [2.75, 3.05) is 0 Å². The predicted octanol–water partition coefficient (Wildman–Crippen LogP) is 12.7. The van der Waals surface area contributed by atoms with Crippen molar-refractivity contribution >= 4 is 43.6 Å². The molecule has 3 heterocycles. The first-order valence-electron chi connectivity index (χ1n) is 18.9. The molecule has 0 aliphatic heterocycles. The van der Waals surface area contributed by atoms with E-state index in [1.54, 1.807) is 6.33 Å². The van der Waals surface area contributed by atoms with Crippen LogP contribution in [-0.2, 0) is 0 Å². The lowest BCUT2D eigenvalue weighted by Crippen LogP contribution is -2.03. The Balaban J connectivity index is 0.993. The molecule has 0 saturated carbocycles. The highest BCUT2D eigenvalue weighted by Crippen LogP contribution is 2.38. The molecule has 8 aromatic carbocycles. The summed E-state index contributed by atoms with van der Waals surface area (Å²) in [6, 6.07) is 68.9. The van der Waals surface area contributed by atoms with Crippen LogP contribution in [0.5, 0.6) is 0 Å². The molecular weight excluding hydrogens is 683 g/mol. The lowest BCUT2D eigenvalue weighted by Gasteiger charge is -2.11. The minimum atomic E-state index is 0.584. The summed E-state index contributed by atoms with van der Waals surface area (Å²) in [6.07, 6.45) is 1.62. The Morgan fingerprint density at radius 1 is 0.321 bits per heavy atom. The van der Waals surface area contributed by atoms with Crippen LogP contribution in [0.3, 0.4) is 0 Å². The van der Waals surface area contributed by atoms with Gasteiger partial charge in [-0.05, 0) is 75.8 Å². The van der Waals surface area contributed by atoms with Gasteiger partial charge in [-0.15, -0.1) is 0 Å². The molecular formula is C51H33N5. The predicted molar refractivity (Wildman–Crippen MR) is 230 cm³/mol. The van der Waals surface area contributed by atoms with Crippen LogP contribution < -0.4 is 0 Å². The average molecular weight is 716 g/mol. The Labute approximate surface area is 323 Å². The van der Waals surface area contributed by atoms with Crippen molar-refractivity contribution in [2.24, 2.45) is 0 Å². The average Bonchev–Trinajstić information content (AvgIpc) is 3.79. The van der Waals surface area contributed by atoms with E-state index in [1.807, 2.05) is 0 Å². The minimum absolute atomic E-state index is 0.584. The smallest absolute Gasteiger partial charge is 0.238 e. The Hall–Kier alpha value is -7.63. The Bertz CT molecular complexity index is 3230. The van der Waals surface area contributed by atoms with Gasteiger partial charge in [0, 0.05) is 32.8 Å². The molecule has 0 amide bonds. The van der Waals surface area contributed by atoms with E-state index >= 15 is 0 Å². The third kappa shape index (κ3) is 5.21. The van der Waals surface area contributed by atoms with E-state index in [2.05, 4.69) is 208 Å². The molecule has 0 bridgehead atoms. The topological polar surface area (TPSA) is 48.5 Å². The molecule has 0 radical (unpaired) electrons. The second-order valence-electron chi connectivity index (χ2n) is 14.1. The van der Waals surface area contributed by atoms with Crippen molar-refractivity contribution in [3.05, 3.63) is 200 Å². The normalized spacial score (nSPS) is 11.6. The van der Waals surface area contributed by atoms with Gasteiger partial charge in [-0.25, -0.2) is 9.97 Å². The monoisotopic (exact) mass is 715 g/mol. The Morgan fingerprint density at radius 3 is 1.59 bits per heavy atom. The summed E-state index contributed by atoms with van der Waals surface area (Å²) in [5.74, 6) is 1.21. The maximum Gasteiger partial charge on any atom is 0.238 e. The van der Waals surface area contributed by atoms with Gasteiger partial charge in [-0.2, -0.15) is 4.98 Å². The molecule has 0 saturated heterocycles. The maximum atomic E-state index is 5.07. The van der Waals surface area contributed by atoms with Crippen molar-refractivity contribution in [1.82, 2.24) is 24.1 Å². The van der Waals surface area contributed by atoms with Gasteiger partial charge >= 0.3 is 0 Å². The van der Waals surface area contributed by atoms with Crippen LogP contribution in [0.4, 0.5) is 0 Å². The van der Waals surface area contributed by atoms with Crippen molar-refractivity contribution in [2.45, 2.75) is 0 Å². The number of rotatable bonds is 6. The van der Waals surface area contributed by atoms with Gasteiger partial charge in [-0.3, -0.25) is 4.57 Å². The molecule has 0 aliphatic rings. The molecule has 3 aromatic heterocycles. The third-order valence-corrected chi connectivity index (χ3v) is 10.9. The summed E-state index contributed by atoms with van der Waals surface area (Å²) < 4.78 is 4.52. The highest BCUT2D eigenvalue weighted by Gasteiger charge is 2.18. The number of hydrogen-bond acceptors (Lipinski definition) is 3. The molecule has 262 valence electrons. The SMILES string of the molecule is c1ccc(-c2ccccc2-c2ccc(-c3ncnc(-n4c5ccccc5c5cc(-c6ccc7c8ccccc8n(-c8ccccc8)c7c6)ccc54)n3)cc2)cc1. The summed E-state index contributed by atoms with van der Waals surface area (Å²) in [5, 5.41) is 4.78. The van der Waals surface area contributed by atoms with E-state index in [-0.39, 0.29) is 0 Å². The first-order chi connectivity index (χ1) is 27.8. The molecule has 0 aliphatic carbocycles. The molecule has 0 atom stereocenters. The zero-order valence-corrected chi connectivity index (χ0v) is 30.3. The second-order valence-corrected chi connectivity index (χ2v) is 14.1. The van der Waals surface area contributed by atoms with E-state index in [0.29, 0.717) is 11.8 Å². The number of hydrogen-bond donors (Lipinski definition) is 0. The lowest BCUT2D eigenvalue weighted by molar-refractivity contribution is 0.947. The highest BCUT2D eigenvalue weighted by atomic mass is 15.2. The zero-order chi connectivity index (χ0) is 37.0. The van der Waals surface area contributed by atoms with E-state index in [0.717, 1.165) is 49.7 Å². The summed E-state index contributed by atoms with van der Waals surface area (Å²) in [4.78, 5) is 14.4. The first kappa shape index (κ1) is 31.9. The fraction of sp³-hybridized carbons (Fsp3) is 0. The number of aromatic nitrogens is 5. The second kappa shape index (κ2) is 13.0. The quantitative estimate of drug-likeness (QED) is 0.172. The van der Waals surface area contributed by atoms with E-state index < -0.39 is 0 Å². The molecule has 0 fully saturated rings. The number of para-hydroxylation sites is 3. The van der Waals surface area contributed by atoms with Gasteiger partial charge in [0.05, 0.1) is 22.1 Å². The van der Waals surface area contributed by atoms with Gasteiger partial charge in [0.2, 0.25) is 5.95 Å². The Kier molecular flexibility index (Phi) is 7.42. The van der Waals surface area contributed by atoms with Crippen molar-refractivity contribution in [1.29, 1.82) is 0 Å². The summed E-state index contributed by atoms with van der Waals surface area (Å²) in [6.45, 7) is 0. The molecule has 0 N–H and O–H groups in total. The molecule has 0 unspecified atom stereocenters. The fourth-order valence-electron chi connectivity index (χ4n) is 8.31. The van der Waals surface area contributed by atoms with Gasteiger partial charge in [0.1, 0.15) is 6.33 Å². The van der Waals surface area contributed by atoms with E-state index in [1.165, 1.54) is 38.5 Å². The van der Waals surface area contributed by atoms with Gasteiger partial charge in [0.25, 0.3) is 0 Å². The molecule has 5 nitrogen and oxygen atoms in total. The number of nitrogens with zero attached hydrogens (tertiary/aromatic N) is 5. The van der Waals surface area contributed by atoms with Crippen LogP contribution in [0.2, 0.25) is 0 Å². The molecule has 56 heavy (non-hydrogen) atoms. The van der Waals surface area contributed by atoms with Crippen LogP contribution in [-0.4, -0.2) is 24.1 Å². The number of fused-ring (bicyclic) bond motifs is 6. The largest absolute Gasteiger partial charge is 0.309 e. The number of benzene rings is 8. The van der Waals surface area contributed by atoms with Gasteiger partial charge < -0.3 is 4.57 Å². The third-order valence-electron chi connectivity index (χ3n) is 10.9. The highest BCUT2D eigenvalue weighted by molar-refractivity contribution is 6.12. The van der Waals surface area contributed by atoms with Crippen molar-refractivity contribution in [3.63, 3.8) is 0 Å². The first-order valence-corrected chi connectivity index (χ1v) is 18.9. The molecule has 5 heteroatoms. The Morgan fingerprint density at radius 2 is 0.839 bits per heavy atom. The minimum Gasteiger partial charge on any atom is -0.309 e. The summed E-state index contributed by atoms with van der Waals surface area (Å²) >= 11 is 0. The van der Waals surface area contributed by atoms with E-state index in [4.69, 9.17) is 9.97 Å². The standard InChI is InChI=1S/C51H33N5/c1-3-13-34(14-4-1)40-17-7-8-18-41(40)35-23-25-36(26-24-35)50-52-33-53-51(54-50)56-47-22-12-10-20-43(47)45-31-37(28-30-48(45)56)38-27-29-44-42-19-9-11-21-46(42)55(49(44)32-38)39-15-5-2-6-16-39/h1-33H. The maximum absolute atomic E-state index is 5.07. The fourth-order valence-corrected chi connectivity index (χ4v) is 8.31. The van der Waals surface area contributed by atoms with Crippen LogP contribution in [0, 0.1) is 0 Å². The van der Waals surface area contributed by atoms with Gasteiger partial charge in [-0.1, -0.05) is 152 Å². The summed E-state index contributed by atoms with van der Waals surface area (Å²) in [7, 11) is 0. The molecule has 11 rings (SSSR count). The van der Waals surface area contributed by atoms with Crippen LogP contribution >= 0.6 is 0 Å². The summed E-state index contributed by atoms with van der Waals surface area (Å²) in [5.41, 5.74) is 13.6. The van der Waals surface area contributed by atoms with Gasteiger partial charge in [0.15, 0.2) is 5.82 Å². The van der Waals surface area contributed by atoms with E-state index in [9.17, 15) is 0 Å². The lowest BCUT2D eigenvalue weighted by atomic mass is 9.94. The van der Waals surface area contributed by atoms with Crippen molar-refractivity contribution in [3.8, 4) is 56.4 Å². The van der Waals surface area contributed by atoms with Crippen LogP contribution in [0.15, 0.2) is 200 Å². The van der Waals surface area contributed by atoms with Crippen LogP contribution in [0.1, 0.15) is 0 Å². The molecule has 0 spiro atoms. The van der Waals surface area contributed by atoms with Crippen molar-refractivity contribution < 1.29 is 0 Å². The zero-order valence-electron chi connectivity index (χ0n) is 30.3. The van der Waals surface area contributed by atoms with Crippen LogP contribution in [0.25, 0.3) is 100 Å². The molecule has 11 aromatic rings.